The molecule has 0 rings (SSSR count). The van der Waals surface area contributed by atoms with E-state index in [4.69, 9.17) is 0 Å². The van der Waals surface area contributed by atoms with Gasteiger partial charge < -0.3 is 44.6 Å². The van der Waals surface area contributed by atoms with Crippen molar-refractivity contribution in [3.05, 3.63) is 7.43 Å². The summed E-state index contributed by atoms with van der Waals surface area (Å²) in [6.45, 7) is 0. The molecule has 0 saturated carbocycles. The summed E-state index contributed by atoms with van der Waals surface area (Å²) in [6.07, 6.45) is 0. The van der Waals surface area contributed by atoms with E-state index in [2.05, 4.69) is 0 Å². The van der Waals surface area contributed by atoms with Crippen LogP contribution in [0.1, 0.15) is 0 Å². The van der Waals surface area contributed by atoms with Crippen molar-refractivity contribution in [3.8, 4) is 0 Å². The Morgan fingerprint density at radius 2 is 0.600 bits per heavy atom. The van der Waals surface area contributed by atoms with E-state index in [1.165, 1.54) is 0 Å². The molecule has 5 heavy (non-hydrogen) atoms. The van der Waals surface area contributed by atoms with E-state index in [1.807, 2.05) is 0 Å². The Kier molecular flexibility index (Phi) is 625. The molecule has 0 spiro atoms. The van der Waals surface area contributed by atoms with Gasteiger partial charge in [-0.15, -0.1) is 0 Å². The van der Waals surface area contributed by atoms with Crippen LogP contribution in [-0.4, -0.2) is 0 Å². The van der Waals surface area contributed by atoms with Gasteiger partial charge in [-0.25, -0.2) is 0 Å². The fourth-order valence-corrected chi connectivity index (χ4v) is 0. The minimum atomic E-state index is 0. The van der Waals surface area contributed by atoms with E-state index >= 15 is 0 Å². The van der Waals surface area contributed by atoms with Gasteiger partial charge in [0.15, 0.2) is 0 Å². The molecule has 0 unspecified atom stereocenters. The van der Waals surface area contributed by atoms with Gasteiger partial charge in [-0.1, -0.05) is 0 Å². The molecule has 0 nitrogen and oxygen atoms in total. The second-order valence-corrected chi connectivity index (χ2v) is 0. The fourth-order valence-electron chi connectivity index (χ4n) is 0. The molecule has 0 aromatic rings. The third-order valence-electron chi connectivity index (χ3n) is 0. The van der Waals surface area contributed by atoms with E-state index in [0.29, 0.717) is 0 Å². The van der Waals surface area contributed by atoms with E-state index in [1.54, 1.807) is 0 Å². The van der Waals surface area contributed by atoms with Gasteiger partial charge >= 0.3 is 25.8 Å². The summed E-state index contributed by atoms with van der Waals surface area (Å²) >= 11 is 0. The van der Waals surface area contributed by atoms with Crippen molar-refractivity contribution in [2.75, 3.05) is 0 Å². The molecule has 4 heteroatoms. The molecule has 0 aromatic carbocycles. The van der Waals surface area contributed by atoms with Gasteiger partial charge in [0.2, 0.25) is 0 Å². The number of hydrogen-bond donors (Lipinski definition) is 0. The van der Waals surface area contributed by atoms with Crippen LogP contribution in [0.25, 0.3) is 0 Å². The minimum absolute atomic E-state index is 0. The average molecular weight is 300 g/mol. The molecule has 0 N–H and O–H groups in total. The molecule has 0 aromatic heterocycles. The van der Waals surface area contributed by atoms with Crippen LogP contribution in [-0.2, 0) is 25.8 Å². The Balaban J connectivity index is 0. The summed E-state index contributed by atoms with van der Waals surface area (Å²) in [5.74, 6) is 0. The molecule has 0 atom stereocenters. The van der Waals surface area contributed by atoms with Gasteiger partial charge in [0.05, 0.1) is 0 Å². The second-order valence-electron chi connectivity index (χ2n) is 0. The zero-order chi connectivity index (χ0) is 0. The van der Waals surface area contributed by atoms with Gasteiger partial charge in [-0.2, -0.15) is 0 Å². The molecular formula is CH3Cl3Hf. The second kappa shape index (κ2) is 42.6. The minimum Gasteiger partial charge on any atom is -1.00 e. The zero-order valence-corrected chi connectivity index (χ0v) is 8.49. The number of rotatable bonds is 0. The summed E-state index contributed by atoms with van der Waals surface area (Å²) < 4.78 is 0. The maximum absolute atomic E-state index is 0. The first kappa shape index (κ1) is 73.3. The quantitative estimate of drug-likeness (QED) is 0.308. The normalized spacial score (nSPS) is 0. The molecule has 0 amide bonds. The fraction of sp³-hybridized carbons (Fsp3) is 0. The van der Waals surface area contributed by atoms with E-state index in [-0.39, 0.29) is 70.5 Å². The standard InChI is InChI=1S/CH3.3ClH.Hf/h1H3;3*1H;/q-1;;;;+4/p-3. The first-order valence-corrected chi connectivity index (χ1v) is 0. The Morgan fingerprint density at radius 1 is 0.600 bits per heavy atom. The van der Waals surface area contributed by atoms with Crippen molar-refractivity contribution >= 4 is 0 Å². The van der Waals surface area contributed by atoms with Crippen LogP contribution in [0, 0.1) is 7.43 Å². The van der Waals surface area contributed by atoms with Gasteiger partial charge in [-0.05, 0) is 0 Å². The Morgan fingerprint density at radius 3 is 0.600 bits per heavy atom. The summed E-state index contributed by atoms with van der Waals surface area (Å²) in [5, 5.41) is 0. The average Bonchev–Trinajstić information content (AvgIpc) is 0. The molecule has 0 aliphatic rings. The van der Waals surface area contributed by atoms with Crippen LogP contribution in [0.5, 0.6) is 0 Å². The molecule has 0 heterocycles. The van der Waals surface area contributed by atoms with E-state index in [9.17, 15) is 0 Å². The first-order valence-electron chi connectivity index (χ1n) is 0. The maximum atomic E-state index is 0. The first-order chi connectivity index (χ1) is 0. The number of halogens is 3. The Hall–Kier alpha value is 1.74. The molecule has 0 saturated heterocycles. The van der Waals surface area contributed by atoms with Crippen LogP contribution in [0.3, 0.4) is 0 Å². The van der Waals surface area contributed by atoms with Crippen LogP contribution in [0.2, 0.25) is 0 Å². The summed E-state index contributed by atoms with van der Waals surface area (Å²) in [4.78, 5) is 0. The SMILES string of the molecule is [CH3-].[Cl-].[Cl-].[Cl-].[Hf+4]. The number of hydrogen-bond acceptors (Lipinski definition) is 0. The van der Waals surface area contributed by atoms with Crippen LogP contribution in [0.4, 0.5) is 0 Å². The van der Waals surface area contributed by atoms with Crippen molar-refractivity contribution in [3.63, 3.8) is 0 Å². The third kappa shape index (κ3) is 26.5. The monoisotopic (exact) mass is 300 g/mol. The van der Waals surface area contributed by atoms with Crippen molar-refractivity contribution in [2.45, 2.75) is 0 Å². The van der Waals surface area contributed by atoms with Crippen LogP contribution in [0.15, 0.2) is 0 Å². The zero-order valence-electron chi connectivity index (χ0n) is 2.63. The van der Waals surface area contributed by atoms with Gasteiger partial charge in [0.1, 0.15) is 0 Å². The van der Waals surface area contributed by atoms with Crippen molar-refractivity contribution in [1.29, 1.82) is 0 Å². The summed E-state index contributed by atoms with van der Waals surface area (Å²) in [7, 11) is 0. The van der Waals surface area contributed by atoms with E-state index < -0.39 is 0 Å². The maximum Gasteiger partial charge on any atom is 4.00 e. The summed E-state index contributed by atoms with van der Waals surface area (Å²) in [6, 6.07) is 0. The van der Waals surface area contributed by atoms with Gasteiger partial charge in [-0.3, -0.25) is 0 Å². The van der Waals surface area contributed by atoms with Crippen molar-refractivity contribution in [2.24, 2.45) is 0 Å². The molecule has 0 fully saturated rings. The molecule has 32 valence electrons. The van der Waals surface area contributed by atoms with Gasteiger partial charge in [0, 0.05) is 0 Å². The Labute approximate surface area is 70.1 Å². The molecular weight excluding hydrogens is 297 g/mol. The predicted molar refractivity (Wildman–Crippen MR) is 6.41 cm³/mol. The smallest absolute Gasteiger partial charge is 1.00 e. The molecule has 0 radical (unpaired) electrons. The predicted octanol–water partition coefficient (Wildman–Crippen LogP) is -8.54. The molecule has 0 bridgehead atoms. The van der Waals surface area contributed by atoms with Crippen molar-refractivity contribution < 1.29 is 63.1 Å². The topological polar surface area (TPSA) is 0 Å². The largest absolute Gasteiger partial charge is 4.00 e. The molecule has 0 aliphatic carbocycles. The third-order valence-corrected chi connectivity index (χ3v) is 0. The van der Waals surface area contributed by atoms with Crippen molar-refractivity contribution in [1.82, 2.24) is 0 Å². The van der Waals surface area contributed by atoms with E-state index in [0.717, 1.165) is 0 Å². The van der Waals surface area contributed by atoms with Crippen LogP contribution >= 0.6 is 0 Å². The Bertz CT molecular complexity index is 6.85. The summed E-state index contributed by atoms with van der Waals surface area (Å²) in [5.41, 5.74) is 0. The van der Waals surface area contributed by atoms with Crippen LogP contribution < -0.4 is 37.2 Å². The van der Waals surface area contributed by atoms with Gasteiger partial charge in [0.25, 0.3) is 0 Å². The molecule has 0 aliphatic heterocycles.